The Morgan fingerprint density at radius 3 is 2.62 bits per heavy atom. The number of anilines is 1. The van der Waals surface area contributed by atoms with Crippen molar-refractivity contribution in [1.82, 2.24) is 0 Å². The quantitative estimate of drug-likeness (QED) is 0.409. The van der Waals surface area contributed by atoms with E-state index in [0.717, 1.165) is 6.07 Å². The van der Waals surface area contributed by atoms with Crippen molar-refractivity contribution in [3.63, 3.8) is 0 Å². The number of benzene rings is 2. The van der Waals surface area contributed by atoms with E-state index in [9.17, 15) is 28.4 Å². The molecule has 138 valence electrons. The summed E-state index contributed by atoms with van der Waals surface area (Å²) >= 11 is 3.12. The number of alkyl halides is 3. The monoisotopic (exact) mass is 433 g/mol. The van der Waals surface area contributed by atoms with E-state index in [0.29, 0.717) is 22.2 Å². The first kappa shape index (κ1) is 19.5. The molecule has 0 fully saturated rings. The van der Waals surface area contributed by atoms with Crippen LogP contribution in [-0.4, -0.2) is 23.4 Å². The Hall–Kier alpha value is -2.82. The number of halogens is 4. The molecule has 0 saturated heterocycles. The summed E-state index contributed by atoms with van der Waals surface area (Å²) in [5.74, 6) is 0.0531. The molecule has 2 N–H and O–H groups in total. The van der Waals surface area contributed by atoms with Crippen molar-refractivity contribution < 1.29 is 27.9 Å². The second kappa shape index (κ2) is 7.60. The Morgan fingerprint density at radius 1 is 1.35 bits per heavy atom. The van der Waals surface area contributed by atoms with Gasteiger partial charge in [-0.2, -0.15) is 18.3 Å². The van der Waals surface area contributed by atoms with Crippen molar-refractivity contribution in [1.29, 1.82) is 0 Å². The number of hydrogen-bond donors (Lipinski definition) is 2. The van der Waals surface area contributed by atoms with Crippen LogP contribution >= 0.6 is 15.9 Å². The first-order chi connectivity index (χ1) is 12.1. The number of nitro benzene ring substituents is 1. The fourth-order valence-electron chi connectivity index (χ4n) is 1.95. The van der Waals surface area contributed by atoms with Crippen LogP contribution in [-0.2, 0) is 6.18 Å². The molecular formula is C15H11BrF3N3O4. The average molecular weight is 434 g/mol. The molecule has 2 aromatic rings. The first-order valence-corrected chi connectivity index (χ1v) is 7.64. The predicted octanol–water partition coefficient (Wildman–Crippen LogP) is 4.54. The van der Waals surface area contributed by atoms with Gasteiger partial charge < -0.3 is 9.84 Å². The van der Waals surface area contributed by atoms with Crippen LogP contribution in [0.15, 0.2) is 39.9 Å². The Labute approximate surface area is 153 Å². The van der Waals surface area contributed by atoms with Crippen LogP contribution in [0, 0.1) is 10.1 Å². The van der Waals surface area contributed by atoms with E-state index in [1.807, 2.05) is 0 Å². The van der Waals surface area contributed by atoms with Gasteiger partial charge in [-0.25, -0.2) is 0 Å². The maximum Gasteiger partial charge on any atom is 0.416 e. The fraction of sp³-hybridized carbons (Fsp3) is 0.133. The van der Waals surface area contributed by atoms with Crippen LogP contribution in [0.4, 0.5) is 24.5 Å². The van der Waals surface area contributed by atoms with Crippen molar-refractivity contribution in [2.24, 2.45) is 5.10 Å². The summed E-state index contributed by atoms with van der Waals surface area (Å²) in [6, 6.07) is 5.02. The summed E-state index contributed by atoms with van der Waals surface area (Å²) in [7, 11) is 1.35. The molecule has 0 spiro atoms. The van der Waals surface area contributed by atoms with Gasteiger partial charge in [-0.3, -0.25) is 15.5 Å². The van der Waals surface area contributed by atoms with Crippen LogP contribution in [0.25, 0.3) is 0 Å². The van der Waals surface area contributed by atoms with Crippen LogP contribution in [0.2, 0.25) is 0 Å². The van der Waals surface area contributed by atoms with Crippen molar-refractivity contribution in [2.45, 2.75) is 6.18 Å². The second-order valence-electron chi connectivity index (χ2n) is 4.91. The van der Waals surface area contributed by atoms with Crippen LogP contribution in [0.3, 0.4) is 0 Å². The molecule has 0 radical (unpaired) electrons. The summed E-state index contributed by atoms with van der Waals surface area (Å²) in [6.45, 7) is 0. The Balaban J connectivity index is 2.28. The standard InChI is InChI=1S/C15H11BrF3N3O4/c1-26-13-5-8(4-10(16)14(13)23)7-20-21-11-3-2-9(15(17,18)19)6-12(11)22(24)25/h2-7,21,23H,1H3/b20-7+. The van der Waals surface area contributed by atoms with Gasteiger partial charge in [0.2, 0.25) is 0 Å². The molecular weight excluding hydrogens is 423 g/mol. The number of phenolic OH excluding ortho intramolecular Hbond substituents is 1. The fourth-order valence-corrected chi connectivity index (χ4v) is 2.41. The maximum atomic E-state index is 12.7. The lowest BCUT2D eigenvalue weighted by atomic mass is 10.1. The summed E-state index contributed by atoms with van der Waals surface area (Å²) < 4.78 is 43.3. The molecule has 0 heterocycles. The number of hydrazone groups is 1. The number of rotatable bonds is 5. The number of ether oxygens (including phenoxy) is 1. The van der Waals surface area contributed by atoms with Crippen LogP contribution in [0.5, 0.6) is 11.5 Å². The Morgan fingerprint density at radius 2 is 2.04 bits per heavy atom. The summed E-state index contributed by atoms with van der Waals surface area (Å²) in [5, 5.41) is 24.5. The highest BCUT2D eigenvalue weighted by molar-refractivity contribution is 9.10. The van der Waals surface area contributed by atoms with Crippen LogP contribution < -0.4 is 10.2 Å². The zero-order valence-corrected chi connectivity index (χ0v) is 14.6. The third kappa shape index (κ3) is 4.42. The molecule has 7 nitrogen and oxygen atoms in total. The van der Waals surface area contributed by atoms with E-state index < -0.39 is 22.4 Å². The van der Waals surface area contributed by atoms with Gasteiger partial charge in [-0.1, -0.05) is 0 Å². The number of hydrogen-bond acceptors (Lipinski definition) is 6. The molecule has 0 aliphatic heterocycles. The lowest BCUT2D eigenvalue weighted by Crippen LogP contribution is -2.06. The smallest absolute Gasteiger partial charge is 0.416 e. The number of phenols is 1. The molecule has 0 bridgehead atoms. The Bertz CT molecular complexity index is 872. The number of aromatic hydroxyl groups is 1. The van der Waals surface area contributed by atoms with Gasteiger partial charge in [0, 0.05) is 6.07 Å². The minimum Gasteiger partial charge on any atom is -0.503 e. The molecule has 0 aromatic heterocycles. The van der Waals surface area contributed by atoms with Gasteiger partial charge in [0.15, 0.2) is 11.5 Å². The predicted molar refractivity (Wildman–Crippen MR) is 91.7 cm³/mol. The number of nitro groups is 1. The van der Waals surface area contributed by atoms with E-state index in [-0.39, 0.29) is 17.2 Å². The molecule has 0 aliphatic rings. The topological polar surface area (TPSA) is 97.0 Å². The zero-order valence-electron chi connectivity index (χ0n) is 13.0. The lowest BCUT2D eigenvalue weighted by molar-refractivity contribution is -0.384. The molecule has 2 aromatic carbocycles. The molecule has 0 aliphatic carbocycles. The number of nitrogens with one attached hydrogen (secondary N) is 1. The van der Waals surface area contributed by atoms with Gasteiger partial charge in [-0.15, -0.1) is 0 Å². The zero-order chi connectivity index (χ0) is 19.5. The molecule has 0 saturated carbocycles. The number of methoxy groups -OCH3 is 1. The SMILES string of the molecule is COc1cc(/C=N/Nc2ccc(C(F)(F)F)cc2[N+](=O)[O-])cc(Br)c1O. The highest BCUT2D eigenvalue weighted by Gasteiger charge is 2.33. The van der Waals surface area contributed by atoms with Gasteiger partial charge >= 0.3 is 6.18 Å². The van der Waals surface area contributed by atoms with E-state index in [2.05, 4.69) is 26.5 Å². The molecule has 0 unspecified atom stereocenters. The average Bonchev–Trinajstić information content (AvgIpc) is 2.56. The van der Waals surface area contributed by atoms with E-state index in [1.165, 1.54) is 25.5 Å². The molecule has 11 heteroatoms. The number of nitrogens with zero attached hydrogens (tertiary/aromatic N) is 2. The van der Waals surface area contributed by atoms with E-state index >= 15 is 0 Å². The van der Waals surface area contributed by atoms with E-state index in [4.69, 9.17) is 4.74 Å². The van der Waals surface area contributed by atoms with Gasteiger partial charge in [-0.05, 0) is 45.8 Å². The third-order valence-corrected chi connectivity index (χ3v) is 3.80. The largest absolute Gasteiger partial charge is 0.503 e. The van der Waals surface area contributed by atoms with Gasteiger partial charge in [0.1, 0.15) is 5.69 Å². The summed E-state index contributed by atoms with van der Waals surface area (Å²) in [5.41, 5.74) is 0.701. The van der Waals surface area contributed by atoms with Gasteiger partial charge in [0.05, 0.1) is 28.3 Å². The van der Waals surface area contributed by atoms with Gasteiger partial charge in [0.25, 0.3) is 5.69 Å². The minimum absolute atomic E-state index is 0.115. The molecule has 2 rings (SSSR count). The molecule has 0 atom stereocenters. The summed E-state index contributed by atoms with van der Waals surface area (Å²) in [6.07, 6.45) is -3.43. The maximum absolute atomic E-state index is 12.7. The van der Waals surface area contributed by atoms with Crippen LogP contribution in [0.1, 0.15) is 11.1 Å². The van der Waals surface area contributed by atoms with E-state index in [1.54, 1.807) is 0 Å². The molecule has 0 amide bonds. The highest BCUT2D eigenvalue weighted by atomic mass is 79.9. The minimum atomic E-state index is -4.69. The first-order valence-electron chi connectivity index (χ1n) is 6.84. The van der Waals surface area contributed by atoms with Crippen molar-refractivity contribution in [3.05, 3.63) is 56.0 Å². The summed E-state index contributed by atoms with van der Waals surface area (Å²) in [4.78, 5) is 10.1. The second-order valence-corrected chi connectivity index (χ2v) is 5.76. The molecule has 26 heavy (non-hydrogen) atoms. The highest BCUT2D eigenvalue weighted by Crippen LogP contribution is 2.36. The van der Waals surface area contributed by atoms with Crippen molar-refractivity contribution in [2.75, 3.05) is 12.5 Å². The van der Waals surface area contributed by atoms with Crippen molar-refractivity contribution in [3.8, 4) is 11.5 Å². The lowest BCUT2D eigenvalue weighted by Gasteiger charge is -2.08. The normalized spacial score (nSPS) is 11.6. The Kier molecular flexibility index (Phi) is 5.70. The third-order valence-electron chi connectivity index (χ3n) is 3.19. The van der Waals surface area contributed by atoms with Crippen molar-refractivity contribution >= 4 is 33.5 Å².